The number of hydrogen-bond donors (Lipinski definition) is 4. The van der Waals surface area contributed by atoms with Crippen molar-refractivity contribution in [1.82, 2.24) is 14.8 Å². The fourth-order valence-electron chi connectivity index (χ4n) is 3.90. The van der Waals surface area contributed by atoms with Crippen molar-refractivity contribution in [3.8, 4) is 0 Å². The van der Waals surface area contributed by atoms with Gasteiger partial charge in [0, 0.05) is 24.8 Å². The maximum Gasteiger partial charge on any atom is 0.317 e. The molecular formula is C19H27N3O7. The van der Waals surface area contributed by atoms with Crippen molar-refractivity contribution in [3.05, 3.63) is 29.6 Å². The van der Waals surface area contributed by atoms with Gasteiger partial charge in [-0.2, -0.15) is 0 Å². The van der Waals surface area contributed by atoms with Gasteiger partial charge < -0.3 is 20.4 Å². The van der Waals surface area contributed by atoms with E-state index in [1.54, 1.807) is 17.0 Å². The minimum Gasteiger partial charge on any atom is -0.480 e. The molecule has 1 saturated carbocycles. The summed E-state index contributed by atoms with van der Waals surface area (Å²) >= 11 is 0. The van der Waals surface area contributed by atoms with E-state index in [4.69, 9.17) is 5.11 Å². The van der Waals surface area contributed by atoms with Crippen molar-refractivity contribution >= 4 is 17.9 Å². The number of pyridine rings is 1. The summed E-state index contributed by atoms with van der Waals surface area (Å²) < 4.78 is 0. The zero-order valence-electron chi connectivity index (χ0n) is 16.1. The Bertz CT molecular complexity index is 694. The highest BCUT2D eigenvalue weighted by molar-refractivity contribution is 5.72. The van der Waals surface area contributed by atoms with Gasteiger partial charge in [-0.05, 0) is 24.5 Å². The highest BCUT2D eigenvalue weighted by atomic mass is 16.4. The molecular weight excluding hydrogens is 382 g/mol. The molecule has 2 atom stereocenters. The van der Waals surface area contributed by atoms with Gasteiger partial charge in [0.1, 0.15) is 0 Å². The van der Waals surface area contributed by atoms with Crippen LogP contribution >= 0.6 is 0 Å². The number of aliphatic hydroxyl groups excluding tert-OH is 1. The lowest BCUT2D eigenvalue weighted by molar-refractivity contribution is -0.146. The molecule has 10 nitrogen and oxygen atoms in total. The molecule has 0 spiro atoms. The van der Waals surface area contributed by atoms with Gasteiger partial charge in [0.15, 0.2) is 0 Å². The maximum absolute atomic E-state index is 11.5. The van der Waals surface area contributed by atoms with Crippen LogP contribution in [0.15, 0.2) is 18.3 Å². The molecule has 0 aromatic carbocycles. The Balaban J connectivity index is 2.27. The van der Waals surface area contributed by atoms with Crippen LogP contribution in [0.5, 0.6) is 0 Å². The summed E-state index contributed by atoms with van der Waals surface area (Å²) in [4.78, 5) is 41.4. The van der Waals surface area contributed by atoms with E-state index >= 15 is 0 Å². The van der Waals surface area contributed by atoms with Crippen LogP contribution < -0.4 is 0 Å². The summed E-state index contributed by atoms with van der Waals surface area (Å²) in [5, 5.41) is 37.0. The van der Waals surface area contributed by atoms with Crippen LogP contribution in [0.25, 0.3) is 0 Å². The zero-order chi connectivity index (χ0) is 21.4. The molecule has 0 saturated heterocycles. The van der Waals surface area contributed by atoms with Crippen molar-refractivity contribution in [2.24, 2.45) is 0 Å². The van der Waals surface area contributed by atoms with Crippen molar-refractivity contribution in [3.63, 3.8) is 0 Å². The van der Waals surface area contributed by atoms with Crippen molar-refractivity contribution in [2.75, 3.05) is 19.6 Å². The second-order valence-electron chi connectivity index (χ2n) is 7.23. The normalized spacial score (nSPS) is 19.4. The minimum atomic E-state index is -1.12. The van der Waals surface area contributed by atoms with E-state index in [0.29, 0.717) is 24.1 Å². The molecule has 0 aliphatic heterocycles. The highest BCUT2D eigenvalue weighted by Gasteiger charge is 2.36. The molecule has 2 rings (SSSR count). The van der Waals surface area contributed by atoms with E-state index in [2.05, 4.69) is 4.98 Å². The van der Waals surface area contributed by atoms with Crippen LogP contribution in [-0.2, 0) is 27.5 Å². The molecule has 1 fully saturated rings. The Morgan fingerprint density at radius 3 is 1.86 bits per heavy atom. The van der Waals surface area contributed by atoms with Crippen molar-refractivity contribution < 1.29 is 34.8 Å². The largest absolute Gasteiger partial charge is 0.480 e. The summed E-state index contributed by atoms with van der Waals surface area (Å²) in [6.45, 7) is -1.02. The molecule has 29 heavy (non-hydrogen) atoms. The van der Waals surface area contributed by atoms with Gasteiger partial charge in [0.05, 0.1) is 31.9 Å². The van der Waals surface area contributed by atoms with Gasteiger partial charge in [0.25, 0.3) is 0 Å². The molecule has 1 unspecified atom stereocenters. The van der Waals surface area contributed by atoms with Crippen LogP contribution in [0, 0.1) is 0 Å². The number of nitrogens with zero attached hydrogens (tertiary/aromatic N) is 3. The molecule has 1 heterocycles. The summed E-state index contributed by atoms with van der Waals surface area (Å²) in [5.41, 5.74) is 1.26. The molecule has 1 aromatic rings. The third-order valence-electron chi connectivity index (χ3n) is 5.08. The van der Waals surface area contributed by atoms with Gasteiger partial charge in [-0.25, -0.2) is 0 Å². The minimum absolute atomic E-state index is 0.143. The molecule has 4 N–H and O–H groups in total. The van der Waals surface area contributed by atoms with Crippen LogP contribution in [0.3, 0.4) is 0 Å². The Labute approximate surface area is 168 Å². The fourth-order valence-corrected chi connectivity index (χ4v) is 3.90. The van der Waals surface area contributed by atoms with Crippen LogP contribution in [0.1, 0.15) is 36.9 Å². The lowest BCUT2D eigenvalue weighted by atomic mass is 9.87. The smallest absolute Gasteiger partial charge is 0.317 e. The number of carboxylic acids is 3. The molecule has 0 bridgehead atoms. The van der Waals surface area contributed by atoms with E-state index in [1.165, 1.54) is 11.1 Å². The summed E-state index contributed by atoms with van der Waals surface area (Å²) in [7, 11) is 0. The van der Waals surface area contributed by atoms with Crippen LogP contribution in [0.2, 0.25) is 0 Å². The maximum atomic E-state index is 11.5. The quantitative estimate of drug-likeness (QED) is 0.400. The van der Waals surface area contributed by atoms with Gasteiger partial charge >= 0.3 is 17.9 Å². The summed E-state index contributed by atoms with van der Waals surface area (Å²) in [6.07, 6.45) is 4.43. The predicted octanol–water partition coefficient (Wildman–Crippen LogP) is 0.243. The van der Waals surface area contributed by atoms with Gasteiger partial charge in [-0.15, -0.1) is 0 Å². The molecule has 1 aliphatic carbocycles. The average molecular weight is 409 g/mol. The standard InChI is InChI=1S/C19H27N3O7/c23-12-13-5-6-14(20-7-13)8-21(9-17(24)25)15-3-1-2-4-16(15)22(10-18(26)27)11-19(28)29/h5-7,15-16,23H,1-4,8-12H2,(H,24,25)(H,26,27)(H,28,29)/t15-,16?/m0/s1. The van der Waals surface area contributed by atoms with E-state index in [9.17, 15) is 29.7 Å². The Morgan fingerprint density at radius 1 is 0.897 bits per heavy atom. The molecule has 10 heteroatoms. The van der Waals surface area contributed by atoms with Gasteiger partial charge in [0.2, 0.25) is 0 Å². The van der Waals surface area contributed by atoms with E-state index in [0.717, 1.165) is 12.8 Å². The molecule has 160 valence electrons. The first-order valence-electron chi connectivity index (χ1n) is 9.48. The van der Waals surface area contributed by atoms with Gasteiger partial charge in [-0.1, -0.05) is 18.9 Å². The number of aliphatic carboxylic acids is 3. The fraction of sp³-hybridized carbons (Fsp3) is 0.579. The molecule has 0 amide bonds. The van der Waals surface area contributed by atoms with Crippen LogP contribution in [-0.4, -0.2) is 84.8 Å². The zero-order valence-corrected chi connectivity index (χ0v) is 16.1. The molecule has 1 aliphatic rings. The lowest BCUT2D eigenvalue weighted by Crippen LogP contribution is -2.56. The Morgan fingerprint density at radius 2 is 1.41 bits per heavy atom. The third kappa shape index (κ3) is 7.08. The van der Waals surface area contributed by atoms with Crippen molar-refractivity contribution in [1.29, 1.82) is 0 Å². The third-order valence-corrected chi connectivity index (χ3v) is 5.08. The van der Waals surface area contributed by atoms with Crippen LogP contribution in [0.4, 0.5) is 0 Å². The molecule has 1 aromatic heterocycles. The summed E-state index contributed by atoms with van der Waals surface area (Å²) in [6, 6.07) is 2.73. The number of aromatic nitrogens is 1. The second kappa shape index (κ2) is 10.8. The first-order valence-corrected chi connectivity index (χ1v) is 9.48. The first kappa shape index (κ1) is 22.7. The highest BCUT2D eigenvalue weighted by Crippen LogP contribution is 2.28. The number of aliphatic hydroxyl groups is 1. The average Bonchev–Trinajstić information content (AvgIpc) is 2.66. The number of carbonyl (C=O) groups is 3. The SMILES string of the molecule is O=C(O)CN(CC(=O)O)C1CCCC[C@@H]1N(CC(=O)O)Cc1ccc(CO)cn1. The van der Waals surface area contributed by atoms with Gasteiger partial charge in [-0.3, -0.25) is 29.2 Å². The number of carboxylic acid groups (broad SMARTS) is 3. The van der Waals surface area contributed by atoms with E-state index in [1.807, 2.05) is 0 Å². The number of hydrogen-bond acceptors (Lipinski definition) is 7. The topological polar surface area (TPSA) is 152 Å². The molecule has 0 radical (unpaired) electrons. The summed E-state index contributed by atoms with van der Waals surface area (Å²) in [5.74, 6) is -3.27. The predicted molar refractivity (Wildman–Crippen MR) is 101 cm³/mol. The number of rotatable bonds is 11. The lowest BCUT2D eigenvalue weighted by Gasteiger charge is -2.43. The van der Waals surface area contributed by atoms with E-state index in [-0.39, 0.29) is 31.8 Å². The van der Waals surface area contributed by atoms with E-state index < -0.39 is 31.0 Å². The first-order chi connectivity index (χ1) is 13.8. The van der Waals surface area contributed by atoms with Crippen molar-refractivity contribution in [2.45, 2.75) is 50.9 Å². The Hall–Kier alpha value is -2.56. The Kier molecular flexibility index (Phi) is 8.50. The second-order valence-corrected chi connectivity index (χ2v) is 7.23. The monoisotopic (exact) mass is 409 g/mol.